The molecule has 0 radical (unpaired) electrons. The Morgan fingerprint density at radius 3 is 2.73 bits per heavy atom. The van der Waals surface area contributed by atoms with Crippen molar-refractivity contribution >= 4 is 11.6 Å². The second kappa shape index (κ2) is 5.49. The summed E-state index contributed by atoms with van der Waals surface area (Å²) in [5.74, 6) is -0.00683. The second-order valence-corrected chi connectivity index (χ2v) is 9.12. The zero-order valence-electron chi connectivity index (χ0n) is 15.8. The number of ketones is 2. The largest absolute Gasteiger partial charge is 0.388 e. The maximum Gasteiger partial charge on any atom is 0.190 e. The van der Waals surface area contributed by atoms with Gasteiger partial charge in [-0.3, -0.25) is 9.59 Å². The molecule has 0 amide bonds. The van der Waals surface area contributed by atoms with Gasteiger partial charge in [-0.2, -0.15) is 0 Å². The van der Waals surface area contributed by atoms with Gasteiger partial charge in [0.2, 0.25) is 0 Å². The molecule has 0 aromatic rings. The van der Waals surface area contributed by atoms with E-state index < -0.39 is 23.4 Å². The molecule has 6 atom stereocenters. The van der Waals surface area contributed by atoms with Gasteiger partial charge in [-0.25, -0.2) is 0 Å². The number of aliphatic hydroxyl groups is 2. The molecule has 4 aliphatic carbocycles. The molecule has 4 rings (SSSR count). The molecule has 2 unspecified atom stereocenters. The van der Waals surface area contributed by atoms with Crippen LogP contribution in [-0.4, -0.2) is 34.0 Å². The van der Waals surface area contributed by atoms with E-state index in [1.54, 1.807) is 6.08 Å². The Morgan fingerprint density at radius 1 is 1.31 bits per heavy atom. The van der Waals surface area contributed by atoms with Gasteiger partial charge in [-0.05, 0) is 50.0 Å². The zero-order chi connectivity index (χ0) is 18.9. The topological polar surface area (TPSA) is 74.6 Å². The fourth-order valence-electron chi connectivity index (χ4n) is 6.50. The molecule has 0 spiro atoms. The average molecular weight is 356 g/mol. The average Bonchev–Trinajstić information content (AvgIpc) is 2.83. The number of hydrogen-bond acceptors (Lipinski definition) is 4. The van der Waals surface area contributed by atoms with Crippen molar-refractivity contribution in [1.29, 1.82) is 0 Å². The van der Waals surface area contributed by atoms with Crippen LogP contribution in [0.5, 0.6) is 0 Å². The van der Waals surface area contributed by atoms with Crippen molar-refractivity contribution in [3.63, 3.8) is 0 Å². The fourth-order valence-corrected chi connectivity index (χ4v) is 6.50. The van der Waals surface area contributed by atoms with Crippen LogP contribution >= 0.6 is 0 Å². The second-order valence-electron chi connectivity index (χ2n) is 9.12. The van der Waals surface area contributed by atoms with E-state index in [2.05, 4.69) is 19.1 Å². The van der Waals surface area contributed by atoms with E-state index in [-0.39, 0.29) is 29.0 Å². The minimum absolute atomic E-state index is 0.158. The predicted octanol–water partition coefficient (Wildman–Crippen LogP) is 2.75. The molecule has 2 N–H and O–H groups in total. The summed E-state index contributed by atoms with van der Waals surface area (Å²) in [5, 5.41) is 20.9. The van der Waals surface area contributed by atoms with Gasteiger partial charge in [0.15, 0.2) is 11.6 Å². The molecule has 26 heavy (non-hydrogen) atoms. The number of rotatable bonds is 2. The highest BCUT2D eigenvalue weighted by molar-refractivity contribution is 5.94. The Labute approximate surface area is 154 Å². The van der Waals surface area contributed by atoms with E-state index in [0.29, 0.717) is 12.8 Å². The number of allylic oxidation sites excluding steroid dienone is 6. The van der Waals surface area contributed by atoms with Crippen LogP contribution in [0.1, 0.15) is 46.5 Å². The molecule has 0 heterocycles. The van der Waals surface area contributed by atoms with Crippen molar-refractivity contribution in [3.05, 3.63) is 35.5 Å². The molecule has 4 heteroatoms. The van der Waals surface area contributed by atoms with Crippen LogP contribution in [0.4, 0.5) is 0 Å². The number of hydrogen-bond donors (Lipinski definition) is 2. The van der Waals surface area contributed by atoms with E-state index in [9.17, 15) is 19.8 Å². The minimum atomic E-state index is -1.47. The zero-order valence-corrected chi connectivity index (χ0v) is 15.8. The van der Waals surface area contributed by atoms with Gasteiger partial charge >= 0.3 is 0 Å². The normalized spacial score (nSPS) is 46.8. The van der Waals surface area contributed by atoms with E-state index in [4.69, 9.17) is 0 Å². The summed E-state index contributed by atoms with van der Waals surface area (Å²) < 4.78 is 0. The molecule has 4 aliphatic rings. The van der Waals surface area contributed by atoms with Crippen molar-refractivity contribution < 1.29 is 19.8 Å². The molecule has 0 bridgehead atoms. The SMILES string of the molecule is C[C@H]1CC2C3CC=C4CC(=O)C=C[C@]4(C)C3=CC[C@]2(C)[C@@]1(O)C(=O)CO. The van der Waals surface area contributed by atoms with Crippen molar-refractivity contribution in [2.45, 2.75) is 52.1 Å². The summed E-state index contributed by atoms with van der Waals surface area (Å²) >= 11 is 0. The summed E-state index contributed by atoms with van der Waals surface area (Å²) in [6, 6.07) is 0. The van der Waals surface area contributed by atoms with Crippen LogP contribution in [-0.2, 0) is 9.59 Å². The van der Waals surface area contributed by atoms with E-state index >= 15 is 0 Å². The molecule has 0 aromatic heterocycles. The quantitative estimate of drug-likeness (QED) is 0.746. The first kappa shape index (κ1) is 17.9. The van der Waals surface area contributed by atoms with E-state index in [1.807, 2.05) is 19.9 Å². The molecule has 1 fully saturated rings. The maximum atomic E-state index is 12.5. The first-order valence-corrected chi connectivity index (χ1v) is 9.67. The van der Waals surface area contributed by atoms with Crippen molar-refractivity contribution in [3.8, 4) is 0 Å². The summed E-state index contributed by atoms with van der Waals surface area (Å²) in [7, 11) is 0. The third-order valence-corrected chi connectivity index (χ3v) is 8.06. The number of fused-ring (bicyclic) bond motifs is 5. The van der Waals surface area contributed by atoms with Crippen LogP contribution in [0.2, 0.25) is 0 Å². The summed E-state index contributed by atoms with van der Waals surface area (Å²) in [4.78, 5) is 24.4. The third-order valence-electron chi connectivity index (χ3n) is 8.06. The van der Waals surface area contributed by atoms with Crippen molar-refractivity contribution in [2.24, 2.45) is 28.6 Å². The smallest absolute Gasteiger partial charge is 0.190 e. The highest BCUT2D eigenvalue weighted by atomic mass is 16.3. The lowest BCUT2D eigenvalue weighted by atomic mass is 9.52. The van der Waals surface area contributed by atoms with Gasteiger partial charge in [-0.15, -0.1) is 0 Å². The lowest BCUT2D eigenvalue weighted by Crippen LogP contribution is -2.57. The summed E-state index contributed by atoms with van der Waals surface area (Å²) in [6.07, 6.45) is 10.9. The van der Waals surface area contributed by atoms with Gasteiger partial charge in [0.05, 0.1) is 0 Å². The van der Waals surface area contributed by atoms with Crippen LogP contribution in [0, 0.1) is 28.6 Å². The van der Waals surface area contributed by atoms with Crippen LogP contribution in [0.15, 0.2) is 35.5 Å². The number of aliphatic hydroxyl groups excluding tert-OH is 1. The molecule has 4 nitrogen and oxygen atoms in total. The number of carbonyl (C=O) groups is 2. The van der Waals surface area contributed by atoms with Crippen LogP contribution in [0.3, 0.4) is 0 Å². The maximum absolute atomic E-state index is 12.5. The standard InChI is InChI=1S/C22H28O4/c1-13-10-18-16-5-4-14-11-15(24)6-8-20(14,2)17(16)7-9-21(18,3)22(13,26)19(25)12-23/h4,6-8,13,16,18,23,26H,5,9-12H2,1-3H3/t13-,16?,18?,20-,21-,22-/m0/s1. The predicted molar refractivity (Wildman–Crippen MR) is 98.2 cm³/mol. The molecule has 0 aliphatic heterocycles. The van der Waals surface area contributed by atoms with Gasteiger partial charge in [0.25, 0.3) is 0 Å². The first-order chi connectivity index (χ1) is 12.2. The summed E-state index contributed by atoms with van der Waals surface area (Å²) in [5.41, 5.74) is 0.273. The first-order valence-electron chi connectivity index (χ1n) is 9.67. The Bertz CT molecular complexity index is 775. The summed E-state index contributed by atoms with van der Waals surface area (Å²) in [6.45, 7) is 5.52. The Hall–Kier alpha value is -1.52. The monoisotopic (exact) mass is 356 g/mol. The lowest BCUT2D eigenvalue weighted by molar-refractivity contribution is -0.161. The highest BCUT2D eigenvalue weighted by Gasteiger charge is 2.66. The Kier molecular flexibility index (Phi) is 3.78. The molecule has 1 saturated carbocycles. The number of carbonyl (C=O) groups excluding carboxylic acids is 2. The Balaban J connectivity index is 1.80. The molecule has 0 saturated heterocycles. The van der Waals surface area contributed by atoms with E-state index in [1.165, 1.54) is 11.1 Å². The van der Waals surface area contributed by atoms with Gasteiger partial charge < -0.3 is 10.2 Å². The van der Waals surface area contributed by atoms with Crippen LogP contribution in [0.25, 0.3) is 0 Å². The molecular weight excluding hydrogens is 328 g/mol. The molecular formula is C22H28O4. The van der Waals surface area contributed by atoms with Crippen LogP contribution < -0.4 is 0 Å². The third kappa shape index (κ3) is 1.97. The highest BCUT2D eigenvalue weighted by Crippen LogP contribution is 2.65. The van der Waals surface area contributed by atoms with Crippen molar-refractivity contribution in [2.75, 3.05) is 6.61 Å². The minimum Gasteiger partial charge on any atom is -0.388 e. The lowest BCUT2D eigenvalue weighted by Gasteiger charge is -2.53. The van der Waals surface area contributed by atoms with Gasteiger partial charge in [0.1, 0.15) is 12.2 Å². The van der Waals surface area contributed by atoms with Crippen molar-refractivity contribution in [1.82, 2.24) is 0 Å². The molecule has 140 valence electrons. The van der Waals surface area contributed by atoms with Gasteiger partial charge in [0, 0.05) is 17.3 Å². The molecule has 0 aromatic carbocycles. The Morgan fingerprint density at radius 2 is 2.04 bits per heavy atom. The number of Topliss-reactive ketones (excluding diaryl/α,β-unsaturated/α-hetero) is 1. The fraction of sp³-hybridized carbons (Fsp3) is 0.636. The van der Waals surface area contributed by atoms with Gasteiger partial charge in [-0.1, -0.05) is 43.2 Å². The van der Waals surface area contributed by atoms with E-state index in [0.717, 1.165) is 12.8 Å².